The van der Waals surface area contributed by atoms with Crippen LogP contribution in [0.5, 0.6) is 5.75 Å². The Kier molecular flexibility index (Phi) is 9.00. The number of anilines is 1. The molecule has 6 heteroatoms. The molecule has 2 heterocycles. The highest BCUT2D eigenvalue weighted by Gasteiger charge is 2.38. The summed E-state index contributed by atoms with van der Waals surface area (Å²) in [5.74, 6) is 1.64. The second-order valence-corrected chi connectivity index (χ2v) is 12.1. The number of amides is 1. The Morgan fingerprint density at radius 3 is 2.20 bits per heavy atom. The van der Waals surface area contributed by atoms with Gasteiger partial charge in [0.25, 0.3) is 0 Å². The van der Waals surface area contributed by atoms with E-state index in [9.17, 15) is 9.90 Å². The zero-order valence-electron chi connectivity index (χ0n) is 24.9. The second kappa shape index (κ2) is 12.7. The number of nitrogens with one attached hydrogen (secondary N) is 1. The molecule has 1 saturated heterocycles. The van der Waals surface area contributed by atoms with Crippen LogP contribution in [0.2, 0.25) is 0 Å². The van der Waals surface area contributed by atoms with Crippen molar-refractivity contribution in [2.75, 3.05) is 31.6 Å². The van der Waals surface area contributed by atoms with E-state index in [4.69, 9.17) is 9.47 Å². The van der Waals surface area contributed by atoms with E-state index in [1.165, 1.54) is 24.0 Å². The largest absolute Gasteiger partial charge is 0.487 e. The van der Waals surface area contributed by atoms with Gasteiger partial charge >= 0.3 is 6.09 Å². The number of carbonyl (C=O) groups is 1. The Hall–Kier alpha value is -3.35. The Bertz CT molecular complexity index is 1300. The highest BCUT2D eigenvalue weighted by molar-refractivity contribution is 5.87. The van der Waals surface area contributed by atoms with Crippen molar-refractivity contribution in [3.05, 3.63) is 94.0 Å². The van der Waals surface area contributed by atoms with Crippen LogP contribution < -0.4 is 10.1 Å². The van der Waals surface area contributed by atoms with Crippen LogP contribution in [0.15, 0.2) is 60.7 Å². The fourth-order valence-electron chi connectivity index (χ4n) is 6.51. The fourth-order valence-corrected chi connectivity index (χ4v) is 6.51. The van der Waals surface area contributed by atoms with Crippen molar-refractivity contribution in [3.8, 4) is 5.75 Å². The van der Waals surface area contributed by atoms with Gasteiger partial charge in [-0.15, -0.1) is 0 Å². The van der Waals surface area contributed by atoms with Gasteiger partial charge in [-0.3, -0.25) is 5.32 Å². The predicted molar refractivity (Wildman–Crippen MR) is 164 cm³/mol. The lowest BCUT2D eigenvalue weighted by molar-refractivity contribution is 0.0542. The van der Waals surface area contributed by atoms with Crippen molar-refractivity contribution in [2.45, 2.75) is 71.5 Å². The molecule has 3 aromatic carbocycles. The molecule has 1 atom stereocenters. The Labute approximate surface area is 244 Å². The van der Waals surface area contributed by atoms with Crippen LogP contribution >= 0.6 is 0 Å². The first-order valence-corrected chi connectivity index (χ1v) is 15.0. The summed E-state index contributed by atoms with van der Waals surface area (Å²) in [6.07, 6.45) is 4.19. The number of nitrogens with zero attached hydrogens (tertiary/aromatic N) is 1. The standard InChI is InChI=1S/C35H44N2O4/c1-24-25(2)32-30(26(3)31(24)36-34(38)39)23-35(4,41-32)18-21-37-19-15-27(16-20-37)17-22-40-33(28-11-7-5-8-12-28)29-13-9-6-10-14-29/h5-14,27,33,36H,15-23H2,1-4H3,(H,38,39). The highest BCUT2D eigenvalue weighted by atomic mass is 16.5. The van der Waals surface area contributed by atoms with E-state index in [1.807, 2.05) is 20.8 Å². The topological polar surface area (TPSA) is 71.0 Å². The number of ether oxygens (including phenoxy) is 2. The van der Waals surface area contributed by atoms with Crippen molar-refractivity contribution in [2.24, 2.45) is 5.92 Å². The van der Waals surface area contributed by atoms with Crippen LogP contribution in [-0.2, 0) is 11.2 Å². The van der Waals surface area contributed by atoms with Gasteiger partial charge in [-0.05, 0) is 100 Å². The molecule has 6 nitrogen and oxygen atoms in total. The van der Waals surface area contributed by atoms with Gasteiger partial charge < -0.3 is 19.5 Å². The number of benzene rings is 3. The lowest BCUT2D eigenvalue weighted by Crippen LogP contribution is -2.40. The monoisotopic (exact) mass is 556 g/mol. The summed E-state index contributed by atoms with van der Waals surface area (Å²) in [5, 5.41) is 11.9. The van der Waals surface area contributed by atoms with Crippen LogP contribution in [0.25, 0.3) is 0 Å². The van der Waals surface area contributed by atoms with Gasteiger partial charge in [0.1, 0.15) is 17.5 Å². The molecular formula is C35H44N2O4. The maximum absolute atomic E-state index is 11.4. The number of fused-ring (bicyclic) bond motifs is 1. The van der Waals surface area contributed by atoms with Crippen molar-refractivity contribution in [1.82, 2.24) is 4.90 Å². The Morgan fingerprint density at radius 2 is 1.61 bits per heavy atom. The van der Waals surface area contributed by atoms with Crippen LogP contribution in [0.4, 0.5) is 10.5 Å². The summed E-state index contributed by atoms with van der Waals surface area (Å²) in [7, 11) is 0. The van der Waals surface area contributed by atoms with Crippen molar-refractivity contribution >= 4 is 11.8 Å². The zero-order valence-corrected chi connectivity index (χ0v) is 24.9. The number of hydrogen-bond acceptors (Lipinski definition) is 4. The molecule has 0 radical (unpaired) electrons. The number of rotatable bonds is 10. The van der Waals surface area contributed by atoms with Crippen molar-refractivity contribution in [1.29, 1.82) is 0 Å². The Balaban J connectivity index is 1.10. The van der Waals surface area contributed by atoms with Gasteiger partial charge in [0.05, 0.1) is 5.69 Å². The number of hydrogen-bond donors (Lipinski definition) is 2. The van der Waals surface area contributed by atoms with E-state index in [0.29, 0.717) is 11.6 Å². The van der Waals surface area contributed by atoms with Crippen molar-refractivity contribution in [3.63, 3.8) is 0 Å². The molecule has 2 aliphatic rings. The molecule has 1 unspecified atom stereocenters. The first-order chi connectivity index (χ1) is 19.7. The number of likely N-dealkylation sites (tertiary alicyclic amines) is 1. The molecule has 0 aliphatic carbocycles. The molecule has 41 heavy (non-hydrogen) atoms. The maximum atomic E-state index is 11.4. The third-order valence-electron chi connectivity index (χ3n) is 9.19. The highest BCUT2D eigenvalue weighted by Crippen LogP contribution is 2.45. The molecule has 218 valence electrons. The molecule has 0 saturated carbocycles. The lowest BCUT2D eigenvalue weighted by Gasteiger charge is -2.34. The summed E-state index contributed by atoms with van der Waals surface area (Å²) >= 11 is 0. The minimum Gasteiger partial charge on any atom is -0.487 e. The minimum atomic E-state index is -1.03. The van der Waals surface area contributed by atoms with E-state index < -0.39 is 6.09 Å². The molecule has 0 bridgehead atoms. The molecule has 1 amide bonds. The maximum Gasteiger partial charge on any atom is 0.409 e. The van der Waals surface area contributed by atoms with Gasteiger partial charge in [0.2, 0.25) is 0 Å². The second-order valence-electron chi connectivity index (χ2n) is 12.1. The predicted octanol–water partition coefficient (Wildman–Crippen LogP) is 7.69. The summed E-state index contributed by atoms with van der Waals surface area (Å²) in [6, 6.07) is 21.0. The van der Waals surface area contributed by atoms with Gasteiger partial charge in [-0.2, -0.15) is 0 Å². The summed E-state index contributed by atoms with van der Waals surface area (Å²) in [4.78, 5) is 13.9. The van der Waals surface area contributed by atoms with E-state index >= 15 is 0 Å². The smallest absolute Gasteiger partial charge is 0.409 e. The Morgan fingerprint density at radius 1 is 1.00 bits per heavy atom. The fraction of sp³-hybridized carbons (Fsp3) is 0.457. The van der Waals surface area contributed by atoms with Gasteiger partial charge in [-0.25, -0.2) is 4.79 Å². The molecule has 3 aromatic rings. The van der Waals surface area contributed by atoms with Crippen LogP contribution in [0.1, 0.15) is 72.1 Å². The first kappa shape index (κ1) is 29.2. The summed E-state index contributed by atoms with van der Waals surface area (Å²) in [5.41, 5.74) is 6.93. The van der Waals surface area contributed by atoms with Crippen LogP contribution in [0.3, 0.4) is 0 Å². The molecule has 1 fully saturated rings. The van der Waals surface area contributed by atoms with Crippen molar-refractivity contribution < 1.29 is 19.4 Å². The third kappa shape index (κ3) is 6.77. The van der Waals surface area contributed by atoms with E-state index in [1.54, 1.807) is 0 Å². The van der Waals surface area contributed by atoms with Gasteiger partial charge in [-0.1, -0.05) is 60.7 Å². The van der Waals surface area contributed by atoms with Gasteiger partial charge in [0.15, 0.2) is 0 Å². The third-order valence-corrected chi connectivity index (χ3v) is 9.19. The van der Waals surface area contributed by atoms with Crippen LogP contribution in [-0.4, -0.2) is 47.9 Å². The van der Waals surface area contributed by atoms with E-state index in [0.717, 1.165) is 73.5 Å². The molecule has 5 rings (SSSR count). The minimum absolute atomic E-state index is 0.0270. The average Bonchev–Trinajstić information content (AvgIpc) is 3.35. The number of carboxylic acid groups (broad SMARTS) is 1. The zero-order chi connectivity index (χ0) is 29.0. The number of piperidine rings is 1. The summed E-state index contributed by atoms with van der Waals surface area (Å²) < 4.78 is 13.1. The average molecular weight is 557 g/mol. The molecule has 0 spiro atoms. The first-order valence-electron chi connectivity index (χ1n) is 15.0. The van der Waals surface area contributed by atoms with E-state index in [2.05, 4.69) is 77.8 Å². The van der Waals surface area contributed by atoms with Gasteiger partial charge in [0, 0.05) is 25.1 Å². The van der Waals surface area contributed by atoms with E-state index in [-0.39, 0.29) is 11.7 Å². The molecular weight excluding hydrogens is 512 g/mol. The lowest BCUT2D eigenvalue weighted by atomic mass is 9.89. The molecule has 2 N–H and O–H groups in total. The molecule has 0 aromatic heterocycles. The van der Waals surface area contributed by atoms with Crippen LogP contribution in [0, 0.1) is 26.7 Å². The molecule has 2 aliphatic heterocycles. The summed E-state index contributed by atoms with van der Waals surface area (Å²) in [6.45, 7) is 12.2. The SMILES string of the molecule is Cc1c(C)c2c(c(C)c1NC(=O)O)CC(C)(CCN1CCC(CCOC(c3ccccc3)c3ccccc3)CC1)O2. The normalized spacial score (nSPS) is 19.2. The quantitative estimate of drug-likeness (QED) is 0.268.